The number of hydrogen-bond donors (Lipinski definition) is 1. The molecular formula is C17H19N5O. The lowest BCUT2D eigenvalue weighted by Crippen LogP contribution is -2.27. The molecule has 6 heteroatoms. The number of hydrogen-bond acceptors (Lipinski definition) is 4. The van der Waals surface area contributed by atoms with E-state index in [-0.39, 0.29) is 11.9 Å². The van der Waals surface area contributed by atoms with Crippen LogP contribution in [-0.2, 0) is 7.05 Å². The Balaban J connectivity index is 1.98. The molecule has 1 N–H and O–H groups in total. The molecule has 1 atom stereocenters. The van der Waals surface area contributed by atoms with Crippen molar-refractivity contribution in [2.24, 2.45) is 7.05 Å². The van der Waals surface area contributed by atoms with E-state index in [2.05, 4.69) is 20.4 Å². The van der Waals surface area contributed by atoms with Crippen LogP contribution >= 0.6 is 0 Å². The van der Waals surface area contributed by atoms with Crippen LogP contribution in [0.15, 0.2) is 30.6 Å². The van der Waals surface area contributed by atoms with Gasteiger partial charge in [-0.15, -0.1) is 0 Å². The van der Waals surface area contributed by atoms with Gasteiger partial charge in [0.15, 0.2) is 5.65 Å². The second-order valence-corrected chi connectivity index (χ2v) is 5.69. The summed E-state index contributed by atoms with van der Waals surface area (Å²) >= 11 is 0. The smallest absolute Gasteiger partial charge is 0.252 e. The van der Waals surface area contributed by atoms with Crippen LogP contribution in [0, 0.1) is 13.8 Å². The van der Waals surface area contributed by atoms with Crippen LogP contribution in [0.2, 0.25) is 0 Å². The number of carbonyl (C=O) groups excluding carboxylic acids is 1. The first kappa shape index (κ1) is 15.1. The molecule has 0 fully saturated rings. The summed E-state index contributed by atoms with van der Waals surface area (Å²) in [4.78, 5) is 21.3. The highest BCUT2D eigenvalue weighted by Crippen LogP contribution is 2.22. The largest absolute Gasteiger partial charge is 0.345 e. The predicted octanol–water partition coefficient (Wildman–Crippen LogP) is 2.47. The summed E-state index contributed by atoms with van der Waals surface area (Å²) in [6.07, 6.45) is 3.44. The third kappa shape index (κ3) is 2.79. The van der Waals surface area contributed by atoms with Crippen LogP contribution in [0.5, 0.6) is 0 Å². The molecule has 0 radical (unpaired) electrons. The third-order valence-electron chi connectivity index (χ3n) is 3.90. The summed E-state index contributed by atoms with van der Waals surface area (Å²) in [7, 11) is 1.84. The van der Waals surface area contributed by atoms with Gasteiger partial charge in [-0.05, 0) is 44.5 Å². The van der Waals surface area contributed by atoms with Crippen molar-refractivity contribution < 1.29 is 4.79 Å². The van der Waals surface area contributed by atoms with Crippen molar-refractivity contribution in [1.29, 1.82) is 0 Å². The number of aryl methyl sites for hydroxylation is 3. The van der Waals surface area contributed by atoms with Gasteiger partial charge in [0.25, 0.3) is 5.91 Å². The molecule has 0 aliphatic rings. The Labute approximate surface area is 134 Å². The summed E-state index contributed by atoms with van der Waals surface area (Å²) in [6.45, 7) is 5.72. The minimum absolute atomic E-state index is 0.106. The lowest BCUT2D eigenvalue weighted by atomic mass is 10.1. The molecule has 3 rings (SSSR count). The predicted molar refractivity (Wildman–Crippen MR) is 88.1 cm³/mol. The van der Waals surface area contributed by atoms with Gasteiger partial charge < -0.3 is 5.32 Å². The Morgan fingerprint density at radius 3 is 2.65 bits per heavy atom. The number of carbonyl (C=O) groups is 1. The Bertz CT molecular complexity index is 870. The number of amides is 1. The Morgan fingerprint density at radius 1 is 1.26 bits per heavy atom. The van der Waals surface area contributed by atoms with Crippen LogP contribution in [0.25, 0.3) is 11.0 Å². The highest BCUT2D eigenvalue weighted by molar-refractivity contribution is 6.06. The first-order valence-corrected chi connectivity index (χ1v) is 7.49. The summed E-state index contributed by atoms with van der Waals surface area (Å²) in [6, 6.07) is 5.50. The Kier molecular flexibility index (Phi) is 3.82. The fourth-order valence-electron chi connectivity index (χ4n) is 2.76. The topological polar surface area (TPSA) is 72.7 Å². The molecule has 3 heterocycles. The van der Waals surface area contributed by atoms with Gasteiger partial charge >= 0.3 is 0 Å². The molecule has 23 heavy (non-hydrogen) atoms. The van der Waals surface area contributed by atoms with Gasteiger partial charge in [0.1, 0.15) is 0 Å². The Morgan fingerprint density at radius 2 is 1.96 bits per heavy atom. The van der Waals surface area contributed by atoms with Crippen LogP contribution in [0.3, 0.4) is 0 Å². The van der Waals surface area contributed by atoms with Gasteiger partial charge in [-0.3, -0.25) is 14.5 Å². The highest BCUT2D eigenvalue weighted by Gasteiger charge is 2.19. The van der Waals surface area contributed by atoms with Crippen molar-refractivity contribution >= 4 is 16.9 Å². The SMILES string of the molecule is Cc1cc(C(=O)NC(C)c2ccncc2)c2c(C)nn(C)c2n1. The molecule has 0 bridgehead atoms. The Hall–Kier alpha value is -2.76. The van der Waals surface area contributed by atoms with Crippen LogP contribution in [-0.4, -0.2) is 25.7 Å². The first-order chi connectivity index (χ1) is 11.0. The average Bonchev–Trinajstić information content (AvgIpc) is 2.81. The molecular weight excluding hydrogens is 290 g/mol. The van der Waals surface area contributed by atoms with E-state index in [0.29, 0.717) is 5.56 Å². The van der Waals surface area contributed by atoms with Gasteiger partial charge in [-0.25, -0.2) is 4.98 Å². The number of aromatic nitrogens is 4. The molecule has 3 aromatic rings. The van der Waals surface area contributed by atoms with Crippen molar-refractivity contribution in [2.75, 3.05) is 0 Å². The maximum Gasteiger partial charge on any atom is 0.252 e. The highest BCUT2D eigenvalue weighted by atomic mass is 16.1. The summed E-state index contributed by atoms with van der Waals surface area (Å²) in [5, 5.41) is 8.22. The van der Waals surface area contributed by atoms with E-state index in [1.807, 2.05) is 46.0 Å². The lowest BCUT2D eigenvalue weighted by molar-refractivity contribution is 0.0941. The maximum atomic E-state index is 12.8. The zero-order chi connectivity index (χ0) is 16.6. The van der Waals surface area contributed by atoms with E-state index in [9.17, 15) is 4.79 Å². The van der Waals surface area contributed by atoms with Gasteiger partial charge in [0.05, 0.1) is 22.7 Å². The molecule has 1 amide bonds. The monoisotopic (exact) mass is 309 g/mol. The molecule has 3 aromatic heterocycles. The molecule has 0 saturated carbocycles. The number of nitrogens with zero attached hydrogens (tertiary/aromatic N) is 4. The fraction of sp³-hybridized carbons (Fsp3) is 0.294. The van der Waals surface area contributed by atoms with Crippen molar-refractivity contribution in [1.82, 2.24) is 25.1 Å². The van der Waals surface area contributed by atoms with Crippen LogP contribution in [0.1, 0.15) is 40.3 Å². The minimum Gasteiger partial charge on any atom is -0.345 e. The lowest BCUT2D eigenvalue weighted by Gasteiger charge is -2.15. The van der Waals surface area contributed by atoms with E-state index in [4.69, 9.17) is 0 Å². The average molecular weight is 309 g/mol. The van der Waals surface area contributed by atoms with Crippen LogP contribution in [0.4, 0.5) is 0 Å². The van der Waals surface area contributed by atoms with Crippen molar-refractivity contribution in [3.63, 3.8) is 0 Å². The van der Waals surface area contributed by atoms with Gasteiger partial charge in [0.2, 0.25) is 0 Å². The molecule has 0 aliphatic heterocycles. The number of pyridine rings is 2. The summed E-state index contributed by atoms with van der Waals surface area (Å²) in [5.74, 6) is -0.124. The first-order valence-electron chi connectivity index (χ1n) is 7.49. The van der Waals surface area contributed by atoms with E-state index in [1.165, 1.54) is 0 Å². The number of rotatable bonds is 3. The van der Waals surface area contributed by atoms with E-state index < -0.39 is 0 Å². The molecule has 0 aliphatic carbocycles. The quantitative estimate of drug-likeness (QED) is 0.806. The molecule has 118 valence electrons. The van der Waals surface area contributed by atoms with Gasteiger partial charge in [0, 0.05) is 25.1 Å². The maximum absolute atomic E-state index is 12.8. The molecule has 0 saturated heterocycles. The van der Waals surface area contributed by atoms with E-state index >= 15 is 0 Å². The minimum atomic E-state index is -0.124. The van der Waals surface area contributed by atoms with Gasteiger partial charge in [-0.1, -0.05) is 0 Å². The zero-order valence-electron chi connectivity index (χ0n) is 13.7. The van der Waals surface area contributed by atoms with Crippen molar-refractivity contribution in [3.8, 4) is 0 Å². The van der Waals surface area contributed by atoms with E-state index in [0.717, 1.165) is 28.0 Å². The summed E-state index contributed by atoms with van der Waals surface area (Å²) in [5.41, 5.74) is 3.94. The van der Waals surface area contributed by atoms with Crippen molar-refractivity contribution in [3.05, 3.63) is 53.1 Å². The second-order valence-electron chi connectivity index (χ2n) is 5.69. The number of fused-ring (bicyclic) bond motifs is 1. The summed E-state index contributed by atoms with van der Waals surface area (Å²) < 4.78 is 1.71. The fourth-order valence-corrected chi connectivity index (χ4v) is 2.76. The second kappa shape index (κ2) is 5.79. The molecule has 6 nitrogen and oxygen atoms in total. The standard InChI is InChI=1S/C17H19N5O/c1-10-9-14(15-12(3)21-22(4)16(15)19-10)17(23)20-11(2)13-5-7-18-8-6-13/h5-9,11H,1-4H3,(H,20,23). The van der Waals surface area contributed by atoms with Gasteiger partial charge in [-0.2, -0.15) is 5.10 Å². The zero-order valence-corrected chi connectivity index (χ0v) is 13.7. The normalized spacial score (nSPS) is 12.3. The van der Waals surface area contributed by atoms with Crippen molar-refractivity contribution in [2.45, 2.75) is 26.8 Å². The molecule has 0 spiro atoms. The molecule has 1 unspecified atom stereocenters. The number of nitrogens with one attached hydrogen (secondary N) is 1. The molecule has 0 aromatic carbocycles. The van der Waals surface area contributed by atoms with Crippen LogP contribution < -0.4 is 5.32 Å². The van der Waals surface area contributed by atoms with E-state index in [1.54, 1.807) is 17.1 Å². The third-order valence-corrected chi connectivity index (χ3v) is 3.90.